The number of aromatic hydroxyl groups is 2. The van der Waals surface area contributed by atoms with Crippen molar-refractivity contribution in [2.45, 2.75) is 167 Å². The molecule has 3 aromatic heterocycles. The SMILES string of the molecule is C.C1=Cc2cc(OCc3ccccc3)ccc2C1.CC(=O)C1=CCc2ccc(OCc3ccccc3)cc21.CC(=O)c1cn(CC(=O)O)c2ccc(O)cc12.CC(=O)c1cn(CC(=O)OC(C)(C)C)c2ccc(O)cc12.CC(=O)c1cn(CC(=O)OC(C)(C)C)c2ccc(OCc3ccccc3)cc12.CC(C)(C)OC(=O)CBr. The normalized spacial score (nSPS) is 11.6. The number of halogens is 1. The van der Waals surface area contributed by atoms with E-state index in [1.54, 1.807) is 61.4 Å². The highest BCUT2D eigenvalue weighted by atomic mass is 79.9. The maximum Gasteiger partial charge on any atom is 0.326 e. The summed E-state index contributed by atoms with van der Waals surface area (Å²) in [5.41, 5.74) is 11.2. The minimum atomic E-state index is -0.981. The molecule has 592 valence electrons. The highest BCUT2D eigenvalue weighted by Gasteiger charge is 2.24. The number of aromatic nitrogens is 3. The molecule has 0 unspecified atom stereocenters. The molecule has 3 N–H and O–H groups in total. The molecular weight excluding hydrogens is 1500 g/mol. The number of ether oxygens (including phenoxy) is 6. The van der Waals surface area contributed by atoms with Crippen LogP contribution in [-0.4, -0.2) is 98.2 Å². The van der Waals surface area contributed by atoms with Crippen molar-refractivity contribution in [3.05, 3.63) is 268 Å². The molecule has 0 radical (unpaired) electrons. The number of rotatable bonds is 20. The summed E-state index contributed by atoms with van der Waals surface area (Å²) in [4.78, 5) is 92.2. The Morgan fingerprint density at radius 3 is 1.16 bits per heavy atom. The third kappa shape index (κ3) is 27.1. The molecule has 0 bridgehead atoms. The number of aliphatic carboxylic acids is 1. The van der Waals surface area contributed by atoms with Gasteiger partial charge in [0.15, 0.2) is 23.1 Å². The Bertz CT molecular complexity index is 5240. The Kier molecular flexibility index (Phi) is 31.4. The zero-order valence-electron chi connectivity index (χ0n) is 65.4. The van der Waals surface area contributed by atoms with Gasteiger partial charge >= 0.3 is 23.9 Å². The van der Waals surface area contributed by atoms with Crippen molar-refractivity contribution in [2.24, 2.45) is 0 Å². The van der Waals surface area contributed by atoms with Crippen LogP contribution in [0, 0.1) is 0 Å². The first-order valence-electron chi connectivity index (χ1n) is 36.4. The maximum atomic E-state index is 12.2. The van der Waals surface area contributed by atoms with Crippen LogP contribution in [0.5, 0.6) is 28.7 Å². The topological polar surface area (TPSA) is 267 Å². The van der Waals surface area contributed by atoms with Crippen LogP contribution in [0.15, 0.2) is 213 Å². The quantitative estimate of drug-likeness (QED) is 0.0277. The second-order valence-corrected chi connectivity index (χ2v) is 30.1. The largest absolute Gasteiger partial charge is 0.508 e. The first-order chi connectivity index (χ1) is 53.0. The van der Waals surface area contributed by atoms with E-state index in [1.807, 2.05) is 163 Å². The van der Waals surface area contributed by atoms with E-state index in [9.17, 15) is 48.6 Å². The lowest BCUT2D eigenvalue weighted by Crippen LogP contribution is -2.26. The average molecular weight is 1600 g/mol. The molecule has 0 fully saturated rings. The number of phenolic OH excluding ortho intramolecular Hbond substituents is 2. The van der Waals surface area contributed by atoms with Gasteiger partial charge in [0.25, 0.3) is 0 Å². The van der Waals surface area contributed by atoms with Crippen LogP contribution >= 0.6 is 15.9 Å². The minimum Gasteiger partial charge on any atom is -0.508 e. The molecule has 11 aromatic rings. The smallest absolute Gasteiger partial charge is 0.326 e. The molecule has 8 aromatic carbocycles. The molecule has 0 saturated heterocycles. The van der Waals surface area contributed by atoms with Crippen molar-refractivity contribution < 1.29 is 82.1 Å². The fraction of sp³-hybridized carbons (Fsp3) is 0.283. The molecule has 3 heterocycles. The molecule has 2 aliphatic carbocycles. The molecule has 0 amide bonds. The number of alkyl halides is 1. The number of fused-ring (bicyclic) bond motifs is 5. The van der Waals surface area contributed by atoms with Crippen molar-refractivity contribution in [1.29, 1.82) is 0 Å². The van der Waals surface area contributed by atoms with Crippen LogP contribution < -0.4 is 14.2 Å². The Labute approximate surface area is 668 Å². The van der Waals surface area contributed by atoms with E-state index < -0.39 is 17.2 Å². The third-order valence-corrected chi connectivity index (χ3v) is 17.2. The van der Waals surface area contributed by atoms with Crippen LogP contribution in [0.25, 0.3) is 44.4 Å². The number of Topliss-reactive ketones (excluding diaryl/α,β-unsaturated/α-hetero) is 4. The molecule has 0 saturated carbocycles. The van der Waals surface area contributed by atoms with Gasteiger partial charge in [-0.2, -0.15) is 0 Å². The third-order valence-electron chi connectivity index (χ3n) is 16.8. The number of esters is 3. The fourth-order valence-electron chi connectivity index (χ4n) is 12.0. The van der Waals surface area contributed by atoms with Crippen LogP contribution in [-0.2, 0) is 90.5 Å². The van der Waals surface area contributed by atoms with E-state index in [0.717, 1.165) is 57.5 Å². The van der Waals surface area contributed by atoms with E-state index in [-0.39, 0.29) is 90.5 Å². The van der Waals surface area contributed by atoms with Crippen molar-refractivity contribution in [3.8, 4) is 28.7 Å². The Morgan fingerprint density at radius 1 is 0.416 bits per heavy atom. The van der Waals surface area contributed by atoms with Gasteiger partial charge in [-0.1, -0.05) is 145 Å². The van der Waals surface area contributed by atoms with Gasteiger partial charge < -0.3 is 57.4 Å². The highest BCUT2D eigenvalue weighted by molar-refractivity contribution is 9.09. The standard InChI is InChI=1S/C23H25NO4.C18H16O2.C16H19NO4.C16H14O.C12H11NO4.C6H11BrO2.CH4/c1-16(25)20-13-24(14-22(26)28-23(2,3)4)21-11-10-18(12-19(20)21)27-15-17-8-6-5-7-9-17;1-13(19)17-10-8-15-7-9-16(11-18(15)17)20-12-14-5-3-2-4-6-14;1-10(18)13-8-17(9-15(20)21-16(2,3)4)14-6-5-11(19)7-12(13)14;1-2-5-13(6-3-1)12-17-16-10-9-14-7-4-8-15(14)11-16;1-7(14)10-5-13(6-12(16)17)11-3-2-8(15)4-9(10)11;1-6(2,3)9-5(8)4-7;/h5-13H,14-15H2,1-4H3;2-7,9-11H,8,12H2,1H3;5-8,19H,9H2,1-4H3;1-6,8-11H,7,12H2;2-5,15H,6H2,1H3,(H,16,17);4H2,1-3H3;1H4. The lowest BCUT2D eigenvalue weighted by Gasteiger charge is -2.19. The number of carbonyl (C=O) groups is 8. The molecule has 113 heavy (non-hydrogen) atoms. The van der Waals surface area contributed by atoms with Gasteiger partial charge in [0.2, 0.25) is 0 Å². The molecule has 0 spiro atoms. The van der Waals surface area contributed by atoms with E-state index in [1.165, 1.54) is 78.1 Å². The van der Waals surface area contributed by atoms with Crippen LogP contribution in [0.4, 0.5) is 0 Å². The Morgan fingerprint density at radius 2 is 0.779 bits per heavy atom. The van der Waals surface area contributed by atoms with Crippen molar-refractivity contribution >= 4 is 107 Å². The number of carbonyl (C=O) groups excluding carboxylic acids is 7. The molecule has 0 atom stereocenters. The van der Waals surface area contributed by atoms with E-state index in [4.69, 9.17) is 33.5 Å². The van der Waals surface area contributed by atoms with Gasteiger partial charge in [-0.15, -0.1) is 0 Å². The van der Waals surface area contributed by atoms with Crippen molar-refractivity contribution in [1.82, 2.24) is 13.7 Å². The number of allylic oxidation sites excluding steroid dienone is 3. The van der Waals surface area contributed by atoms with Gasteiger partial charge in [0.1, 0.15) is 90.3 Å². The second-order valence-electron chi connectivity index (χ2n) is 29.5. The van der Waals surface area contributed by atoms with E-state index in [2.05, 4.69) is 58.4 Å². The summed E-state index contributed by atoms with van der Waals surface area (Å²) in [5.74, 6) is 0.414. The van der Waals surface area contributed by atoms with E-state index in [0.29, 0.717) is 64.1 Å². The summed E-state index contributed by atoms with van der Waals surface area (Å²) in [7, 11) is 0. The fourth-order valence-corrected chi connectivity index (χ4v) is 12.1. The second kappa shape index (κ2) is 40.2. The number of hydrogen-bond donors (Lipinski definition) is 3. The molecule has 21 heteroatoms. The summed E-state index contributed by atoms with van der Waals surface area (Å²) in [5, 5.41) is 30.0. The molecule has 20 nitrogen and oxygen atoms in total. The molecule has 0 aliphatic heterocycles. The minimum absolute atomic E-state index is 0. The summed E-state index contributed by atoms with van der Waals surface area (Å²) >= 11 is 2.99. The highest BCUT2D eigenvalue weighted by Crippen LogP contribution is 2.34. The number of benzene rings is 8. The number of hydrogen-bond acceptors (Lipinski definition) is 16. The first-order valence-corrected chi connectivity index (χ1v) is 37.5. The van der Waals surface area contributed by atoms with Crippen LogP contribution in [0.1, 0.15) is 167 Å². The summed E-state index contributed by atoms with van der Waals surface area (Å²) in [6, 6.07) is 57.3. The summed E-state index contributed by atoms with van der Waals surface area (Å²) in [6.07, 6.45) is 13.1. The Balaban J connectivity index is 0.000000192. The number of carboxylic acid groups (broad SMARTS) is 1. The number of ketones is 4. The first kappa shape index (κ1) is 88.1. The Hall–Kier alpha value is -12.1. The molecular formula is C92H100BrN3O17. The zero-order valence-corrected chi connectivity index (χ0v) is 67.0. The van der Waals surface area contributed by atoms with Gasteiger partial charge in [-0.05, 0) is 221 Å². The molecule has 13 rings (SSSR count). The summed E-state index contributed by atoms with van der Waals surface area (Å²) in [6.45, 7) is 23.9. The van der Waals surface area contributed by atoms with Crippen molar-refractivity contribution in [3.63, 3.8) is 0 Å². The lowest BCUT2D eigenvalue weighted by atomic mass is 10.0. The zero-order chi connectivity index (χ0) is 81.6. The maximum absolute atomic E-state index is 12.2. The predicted molar refractivity (Wildman–Crippen MR) is 445 cm³/mol. The predicted octanol–water partition coefficient (Wildman–Crippen LogP) is 19.3. The monoisotopic (exact) mass is 1600 g/mol. The lowest BCUT2D eigenvalue weighted by molar-refractivity contribution is -0.156. The number of nitrogens with zero attached hydrogens (tertiary/aromatic N) is 3. The van der Waals surface area contributed by atoms with Gasteiger partial charge in [0, 0.05) is 73.6 Å². The van der Waals surface area contributed by atoms with Crippen LogP contribution in [0.3, 0.4) is 0 Å². The molecule has 2 aliphatic rings. The van der Waals surface area contributed by atoms with Crippen molar-refractivity contribution in [2.75, 3.05) is 5.33 Å². The van der Waals surface area contributed by atoms with Gasteiger partial charge in [-0.3, -0.25) is 38.4 Å². The van der Waals surface area contributed by atoms with Gasteiger partial charge in [0.05, 0.1) is 0 Å². The van der Waals surface area contributed by atoms with E-state index >= 15 is 0 Å². The summed E-state index contributed by atoms with van der Waals surface area (Å²) < 4.78 is 38.0. The van der Waals surface area contributed by atoms with Crippen LogP contribution in [0.2, 0.25) is 0 Å². The number of carboxylic acids is 1. The van der Waals surface area contributed by atoms with Gasteiger partial charge in [-0.25, -0.2) is 0 Å². The average Bonchev–Trinajstić information content (AvgIpc) is 1.65. The number of phenols is 2.